The van der Waals surface area contributed by atoms with Crippen molar-refractivity contribution < 1.29 is 9.59 Å². The molecule has 1 aromatic carbocycles. The molecule has 0 saturated heterocycles. The summed E-state index contributed by atoms with van der Waals surface area (Å²) in [7, 11) is 4.01. The Labute approximate surface area is 170 Å². The molecule has 1 aliphatic rings. The van der Waals surface area contributed by atoms with Gasteiger partial charge in [-0.25, -0.2) is 0 Å². The molecule has 1 saturated carbocycles. The van der Waals surface area contributed by atoms with Crippen LogP contribution in [0.1, 0.15) is 59.4 Å². The van der Waals surface area contributed by atoms with E-state index in [0.717, 1.165) is 36.2 Å². The lowest BCUT2D eigenvalue weighted by Crippen LogP contribution is -2.43. The first-order valence-electron chi connectivity index (χ1n) is 10.5. The van der Waals surface area contributed by atoms with Crippen LogP contribution in [0.2, 0.25) is 0 Å². The number of hydrogen-bond acceptors (Lipinski definition) is 3. The van der Waals surface area contributed by atoms with Crippen LogP contribution in [0.15, 0.2) is 18.2 Å². The van der Waals surface area contributed by atoms with Gasteiger partial charge in [0.2, 0.25) is 11.8 Å². The zero-order valence-electron chi connectivity index (χ0n) is 18.6. The van der Waals surface area contributed by atoms with E-state index in [4.69, 9.17) is 0 Å². The fourth-order valence-corrected chi connectivity index (χ4v) is 3.44. The fourth-order valence-electron chi connectivity index (χ4n) is 3.44. The van der Waals surface area contributed by atoms with Crippen LogP contribution >= 0.6 is 0 Å². The average Bonchev–Trinajstić information content (AvgIpc) is 2.56. The van der Waals surface area contributed by atoms with Crippen LogP contribution < -0.4 is 10.2 Å². The van der Waals surface area contributed by atoms with Crippen molar-refractivity contribution in [3.05, 3.63) is 23.8 Å². The minimum absolute atomic E-state index is 0.0505. The monoisotopic (exact) mass is 387 g/mol. The molecule has 0 heterocycles. The Hall–Kier alpha value is -2.04. The lowest BCUT2D eigenvalue weighted by atomic mass is 9.85. The summed E-state index contributed by atoms with van der Waals surface area (Å²) in [6.45, 7) is 10.8. The van der Waals surface area contributed by atoms with Crippen molar-refractivity contribution in [3.63, 3.8) is 0 Å². The molecule has 1 fully saturated rings. The van der Waals surface area contributed by atoms with Gasteiger partial charge in [-0.05, 0) is 49.4 Å². The number of carbonyl (C=O) groups excluding carboxylic acids is 2. The second-order valence-corrected chi connectivity index (χ2v) is 8.96. The zero-order valence-corrected chi connectivity index (χ0v) is 18.6. The third kappa shape index (κ3) is 5.27. The Morgan fingerprint density at radius 2 is 1.75 bits per heavy atom. The molecule has 2 amide bonds. The number of rotatable bonds is 8. The average molecular weight is 388 g/mol. The molecule has 28 heavy (non-hydrogen) atoms. The predicted molar refractivity (Wildman–Crippen MR) is 116 cm³/mol. The van der Waals surface area contributed by atoms with Crippen molar-refractivity contribution in [2.45, 2.75) is 66.5 Å². The van der Waals surface area contributed by atoms with E-state index in [1.54, 1.807) is 0 Å². The number of hydrogen-bond donors (Lipinski definition) is 1. The van der Waals surface area contributed by atoms with Crippen LogP contribution in [0, 0.1) is 17.8 Å². The highest BCUT2D eigenvalue weighted by Gasteiger charge is 2.27. The highest BCUT2D eigenvalue weighted by atomic mass is 16.2. The molecule has 156 valence electrons. The van der Waals surface area contributed by atoms with E-state index < -0.39 is 0 Å². The summed E-state index contributed by atoms with van der Waals surface area (Å²) in [4.78, 5) is 29.3. The van der Waals surface area contributed by atoms with E-state index in [1.165, 1.54) is 0 Å². The molecule has 1 aliphatic carbocycles. The Morgan fingerprint density at radius 3 is 2.21 bits per heavy atom. The van der Waals surface area contributed by atoms with E-state index >= 15 is 0 Å². The van der Waals surface area contributed by atoms with Gasteiger partial charge in [0.25, 0.3) is 0 Å². The van der Waals surface area contributed by atoms with Crippen molar-refractivity contribution >= 4 is 23.2 Å². The van der Waals surface area contributed by atoms with Gasteiger partial charge in [-0.3, -0.25) is 9.59 Å². The Balaban J connectivity index is 2.31. The van der Waals surface area contributed by atoms with Gasteiger partial charge in [0.05, 0.1) is 0 Å². The van der Waals surface area contributed by atoms with Gasteiger partial charge in [0.15, 0.2) is 0 Å². The Bertz CT molecular complexity index is 693. The van der Waals surface area contributed by atoms with E-state index in [0.29, 0.717) is 12.5 Å². The SMILES string of the molecule is CC(C)C(=O)N(Cc1cc(NC(=O)C2CCC2)ccc1N(C)C)[C@@H](C)C(C)C. The van der Waals surface area contributed by atoms with Gasteiger partial charge in [0.1, 0.15) is 0 Å². The second-order valence-electron chi connectivity index (χ2n) is 8.96. The highest BCUT2D eigenvalue weighted by Crippen LogP contribution is 2.30. The van der Waals surface area contributed by atoms with Crippen molar-refractivity contribution in [1.82, 2.24) is 4.90 Å². The molecule has 0 aliphatic heterocycles. The summed E-state index contributed by atoms with van der Waals surface area (Å²) < 4.78 is 0. The smallest absolute Gasteiger partial charge is 0.227 e. The number of benzene rings is 1. The normalized spacial score (nSPS) is 15.3. The van der Waals surface area contributed by atoms with Gasteiger partial charge in [-0.2, -0.15) is 0 Å². The van der Waals surface area contributed by atoms with E-state index in [-0.39, 0.29) is 29.7 Å². The number of amides is 2. The Kier molecular flexibility index (Phi) is 7.50. The van der Waals surface area contributed by atoms with Crippen LogP contribution in [0.4, 0.5) is 11.4 Å². The van der Waals surface area contributed by atoms with E-state index in [9.17, 15) is 9.59 Å². The topological polar surface area (TPSA) is 52.7 Å². The van der Waals surface area contributed by atoms with Gasteiger partial charge < -0.3 is 15.1 Å². The molecular formula is C23H37N3O2. The van der Waals surface area contributed by atoms with E-state index in [2.05, 4.69) is 31.0 Å². The molecule has 2 rings (SSSR count). The molecular weight excluding hydrogens is 350 g/mol. The van der Waals surface area contributed by atoms with Crippen LogP contribution in [-0.2, 0) is 16.1 Å². The van der Waals surface area contributed by atoms with Crippen molar-refractivity contribution in [3.8, 4) is 0 Å². The van der Waals surface area contributed by atoms with Crippen LogP contribution in [0.3, 0.4) is 0 Å². The number of anilines is 2. The molecule has 0 bridgehead atoms. The summed E-state index contributed by atoms with van der Waals surface area (Å²) in [5.41, 5.74) is 2.93. The maximum Gasteiger partial charge on any atom is 0.227 e. The standard InChI is InChI=1S/C23H37N3O2/c1-15(2)17(5)26(23(28)16(3)4)14-19-13-20(11-12-21(19)25(6)7)24-22(27)18-9-8-10-18/h11-13,15-18H,8-10,14H2,1-7H3,(H,24,27)/t17-/m0/s1. The summed E-state index contributed by atoms with van der Waals surface area (Å²) in [6.07, 6.45) is 3.11. The van der Waals surface area contributed by atoms with Gasteiger partial charge >= 0.3 is 0 Å². The lowest BCUT2D eigenvalue weighted by Gasteiger charge is -2.34. The zero-order chi connectivity index (χ0) is 21.0. The van der Waals surface area contributed by atoms with Crippen LogP contribution in [-0.4, -0.2) is 36.9 Å². The predicted octanol–water partition coefficient (Wildman–Crippen LogP) is 4.52. The first kappa shape index (κ1) is 22.3. The Morgan fingerprint density at radius 1 is 1.11 bits per heavy atom. The molecule has 1 aromatic rings. The van der Waals surface area contributed by atoms with Gasteiger partial charge in [-0.1, -0.05) is 34.1 Å². The third-order valence-corrected chi connectivity index (χ3v) is 5.88. The van der Waals surface area contributed by atoms with Crippen LogP contribution in [0.25, 0.3) is 0 Å². The maximum atomic E-state index is 12.9. The molecule has 1 atom stereocenters. The number of nitrogens with one attached hydrogen (secondary N) is 1. The van der Waals surface area contributed by atoms with Gasteiger partial charge in [0, 0.05) is 49.9 Å². The largest absolute Gasteiger partial charge is 0.377 e. The second kappa shape index (κ2) is 9.44. The summed E-state index contributed by atoms with van der Waals surface area (Å²) in [5, 5.41) is 3.07. The van der Waals surface area contributed by atoms with E-state index in [1.807, 2.05) is 51.0 Å². The van der Waals surface area contributed by atoms with Crippen molar-refractivity contribution in [2.24, 2.45) is 17.8 Å². The molecule has 1 N–H and O–H groups in total. The summed E-state index contributed by atoms with van der Waals surface area (Å²) in [6, 6.07) is 6.15. The third-order valence-electron chi connectivity index (χ3n) is 5.88. The molecule has 5 nitrogen and oxygen atoms in total. The summed E-state index contributed by atoms with van der Waals surface area (Å²) in [5.74, 6) is 0.741. The molecule has 0 aromatic heterocycles. The highest BCUT2D eigenvalue weighted by molar-refractivity contribution is 5.93. The fraction of sp³-hybridized carbons (Fsp3) is 0.652. The first-order chi connectivity index (χ1) is 13.1. The van der Waals surface area contributed by atoms with Gasteiger partial charge in [-0.15, -0.1) is 0 Å². The number of carbonyl (C=O) groups is 2. The van der Waals surface area contributed by atoms with Crippen molar-refractivity contribution in [1.29, 1.82) is 0 Å². The molecule has 0 spiro atoms. The summed E-state index contributed by atoms with van der Waals surface area (Å²) >= 11 is 0. The van der Waals surface area contributed by atoms with Crippen molar-refractivity contribution in [2.75, 3.05) is 24.3 Å². The minimum atomic E-state index is -0.0505. The maximum absolute atomic E-state index is 12.9. The molecule has 0 unspecified atom stereocenters. The minimum Gasteiger partial charge on any atom is -0.377 e. The molecule has 0 radical (unpaired) electrons. The number of nitrogens with zero attached hydrogens (tertiary/aromatic N) is 2. The molecule has 5 heteroatoms. The quantitative estimate of drug-likeness (QED) is 0.713. The van der Waals surface area contributed by atoms with Crippen LogP contribution in [0.5, 0.6) is 0 Å². The lowest BCUT2D eigenvalue weighted by molar-refractivity contribution is -0.138. The first-order valence-corrected chi connectivity index (χ1v) is 10.5.